The predicted molar refractivity (Wildman–Crippen MR) is 133 cm³/mol. The first kappa shape index (κ1) is 23.1. The number of nitrogens with one attached hydrogen (secondary N) is 1. The van der Waals surface area contributed by atoms with Crippen LogP contribution in [0.25, 0.3) is 5.65 Å². The van der Waals surface area contributed by atoms with Crippen LogP contribution in [0.15, 0.2) is 54.7 Å². The van der Waals surface area contributed by atoms with Gasteiger partial charge in [0.1, 0.15) is 5.75 Å². The molecule has 0 radical (unpaired) electrons. The Morgan fingerprint density at radius 1 is 1.09 bits per heavy atom. The van der Waals surface area contributed by atoms with E-state index in [0.29, 0.717) is 18.0 Å². The molecule has 2 aromatic heterocycles. The zero-order chi connectivity index (χ0) is 24.2. The lowest BCUT2D eigenvalue weighted by Gasteiger charge is -2.21. The maximum Gasteiger partial charge on any atom is 0.358 e. The molecule has 0 fully saturated rings. The zero-order valence-corrected chi connectivity index (χ0v) is 20.1. The number of hydrogen-bond acceptors (Lipinski definition) is 7. The molecular weight excluding hydrogens is 430 g/mol. The minimum Gasteiger partial charge on any atom is -0.497 e. The quantitative estimate of drug-likeness (QED) is 0.375. The van der Waals surface area contributed by atoms with Crippen molar-refractivity contribution in [3.8, 4) is 5.75 Å². The molecule has 0 aliphatic carbocycles. The third-order valence-electron chi connectivity index (χ3n) is 5.42. The van der Waals surface area contributed by atoms with Crippen molar-refractivity contribution >= 4 is 28.8 Å². The maximum absolute atomic E-state index is 12.5. The molecule has 4 aromatic rings. The SMILES string of the molecule is CCOC(=O)c1cnc2c(N(C)Cc3ccc(OC)cc3)cc(Nc3cc(C)cc(C)c3)nn12. The van der Waals surface area contributed by atoms with Gasteiger partial charge in [0.15, 0.2) is 17.2 Å². The maximum atomic E-state index is 12.5. The molecule has 0 bridgehead atoms. The molecule has 2 heterocycles. The number of benzene rings is 2. The lowest BCUT2D eigenvalue weighted by molar-refractivity contribution is 0.0517. The Bertz CT molecular complexity index is 1290. The second-order valence-corrected chi connectivity index (χ2v) is 8.22. The van der Waals surface area contributed by atoms with Gasteiger partial charge in [0.25, 0.3) is 0 Å². The standard InChI is InChI=1S/C26H29N5O3/c1-6-34-26(32)23-15-27-25-22(30(4)16-19-7-9-21(33-5)10-8-19)14-24(29-31(23)25)28-20-12-17(2)11-18(3)13-20/h7-15H,6,16H2,1-5H3,(H,28,29). The van der Waals surface area contributed by atoms with Crippen LogP contribution in [0.1, 0.15) is 34.1 Å². The molecular formula is C26H29N5O3. The van der Waals surface area contributed by atoms with Crippen molar-refractivity contribution in [3.05, 3.63) is 77.1 Å². The van der Waals surface area contributed by atoms with Gasteiger partial charge < -0.3 is 19.7 Å². The van der Waals surface area contributed by atoms with E-state index < -0.39 is 5.97 Å². The van der Waals surface area contributed by atoms with E-state index in [1.54, 1.807) is 18.5 Å². The molecule has 0 aliphatic heterocycles. The van der Waals surface area contributed by atoms with E-state index >= 15 is 0 Å². The Kier molecular flexibility index (Phi) is 6.67. The smallest absolute Gasteiger partial charge is 0.358 e. The van der Waals surface area contributed by atoms with Gasteiger partial charge in [0.2, 0.25) is 0 Å². The summed E-state index contributed by atoms with van der Waals surface area (Å²) in [5.41, 5.74) is 6.01. The average molecular weight is 460 g/mol. The Morgan fingerprint density at radius 2 is 1.79 bits per heavy atom. The van der Waals surface area contributed by atoms with Gasteiger partial charge in [0.05, 0.1) is 25.6 Å². The largest absolute Gasteiger partial charge is 0.497 e. The van der Waals surface area contributed by atoms with Crippen LogP contribution in [0.4, 0.5) is 17.2 Å². The summed E-state index contributed by atoms with van der Waals surface area (Å²) in [6.07, 6.45) is 1.51. The molecule has 1 N–H and O–H groups in total. The lowest BCUT2D eigenvalue weighted by Crippen LogP contribution is -2.19. The Hall–Kier alpha value is -4.07. The first-order valence-corrected chi connectivity index (χ1v) is 11.1. The van der Waals surface area contributed by atoms with Crippen LogP contribution in [0, 0.1) is 13.8 Å². The summed E-state index contributed by atoms with van der Waals surface area (Å²) in [7, 11) is 3.64. The number of fused-ring (bicyclic) bond motifs is 1. The van der Waals surface area contributed by atoms with Crippen molar-refractivity contribution in [3.63, 3.8) is 0 Å². The molecule has 4 rings (SSSR count). The van der Waals surface area contributed by atoms with Gasteiger partial charge in [-0.05, 0) is 61.7 Å². The number of hydrogen-bond donors (Lipinski definition) is 1. The summed E-state index contributed by atoms with van der Waals surface area (Å²) in [4.78, 5) is 19.1. The van der Waals surface area contributed by atoms with Crippen LogP contribution in [0.2, 0.25) is 0 Å². The third kappa shape index (κ3) is 4.96. The van der Waals surface area contributed by atoms with Gasteiger partial charge in [-0.15, -0.1) is 5.10 Å². The number of ether oxygens (including phenoxy) is 2. The first-order chi connectivity index (χ1) is 16.4. The zero-order valence-electron chi connectivity index (χ0n) is 20.1. The topological polar surface area (TPSA) is 81.0 Å². The molecule has 0 saturated carbocycles. The number of aryl methyl sites for hydroxylation is 2. The van der Waals surface area contributed by atoms with Crippen molar-refractivity contribution in [1.29, 1.82) is 0 Å². The highest BCUT2D eigenvalue weighted by atomic mass is 16.5. The highest BCUT2D eigenvalue weighted by Gasteiger charge is 2.20. The molecule has 176 valence electrons. The average Bonchev–Trinajstić information content (AvgIpc) is 3.22. The summed E-state index contributed by atoms with van der Waals surface area (Å²) in [5.74, 6) is 0.942. The van der Waals surface area contributed by atoms with E-state index in [9.17, 15) is 4.79 Å². The number of rotatable bonds is 8. The fourth-order valence-corrected chi connectivity index (χ4v) is 3.92. The summed E-state index contributed by atoms with van der Waals surface area (Å²) >= 11 is 0. The summed E-state index contributed by atoms with van der Waals surface area (Å²) in [5, 5.41) is 8.05. The van der Waals surface area contributed by atoms with Gasteiger partial charge >= 0.3 is 5.97 Å². The van der Waals surface area contributed by atoms with E-state index in [4.69, 9.17) is 9.47 Å². The van der Waals surface area contributed by atoms with E-state index in [0.717, 1.165) is 33.8 Å². The number of carbonyl (C=O) groups excluding carboxylic acids is 1. The van der Waals surface area contributed by atoms with Gasteiger partial charge in [-0.3, -0.25) is 0 Å². The fourth-order valence-electron chi connectivity index (χ4n) is 3.92. The fraction of sp³-hybridized carbons (Fsp3) is 0.269. The lowest BCUT2D eigenvalue weighted by atomic mass is 10.1. The molecule has 0 atom stereocenters. The van der Waals surface area contributed by atoms with E-state index in [1.807, 2.05) is 37.4 Å². The van der Waals surface area contributed by atoms with Gasteiger partial charge in [-0.2, -0.15) is 0 Å². The molecule has 0 unspecified atom stereocenters. The van der Waals surface area contributed by atoms with Gasteiger partial charge in [0, 0.05) is 25.3 Å². The molecule has 2 aromatic carbocycles. The molecule has 0 saturated heterocycles. The summed E-state index contributed by atoms with van der Waals surface area (Å²) in [6.45, 7) is 6.79. The number of imidazole rings is 1. The van der Waals surface area contributed by atoms with Crippen molar-refractivity contribution in [2.75, 3.05) is 31.0 Å². The number of carbonyl (C=O) groups is 1. The van der Waals surface area contributed by atoms with E-state index in [2.05, 4.69) is 52.3 Å². The van der Waals surface area contributed by atoms with Crippen molar-refractivity contribution < 1.29 is 14.3 Å². The Morgan fingerprint density at radius 3 is 2.44 bits per heavy atom. The molecule has 0 aliphatic rings. The normalized spacial score (nSPS) is 10.9. The Labute approximate surface area is 199 Å². The number of aromatic nitrogens is 3. The minimum atomic E-state index is -0.463. The molecule has 0 amide bonds. The highest BCUT2D eigenvalue weighted by Crippen LogP contribution is 2.28. The van der Waals surface area contributed by atoms with Gasteiger partial charge in [-0.25, -0.2) is 14.3 Å². The predicted octanol–water partition coefficient (Wildman–Crippen LogP) is 4.91. The van der Waals surface area contributed by atoms with E-state index in [-0.39, 0.29) is 12.3 Å². The van der Waals surface area contributed by atoms with Crippen LogP contribution in [0.3, 0.4) is 0 Å². The monoisotopic (exact) mass is 459 g/mol. The molecule has 8 nitrogen and oxygen atoms in total. The second-order valence-electron chi connectivity index (χ2n) is 8.22. The van der Waals surface area contributed by atoms with E-state index in [1.165, 1.54) is 6.20 Å². The third-order valence-corrected chi connectivity index (χ3v) is 5.42. The second kappa shape index (κ2) is 9.82. The first-order valence-electron chi connectivity index (χ1n) is 11.1. The van der Waals surface area contributed by atoms with Gasteiger partial charge in [-0.1, -0.05) is 18.2 Å². The van der Waals surface area contributed by atoms with Crippen molar-refractivity contribution in [1.82, 2.24) is 14.6 Å². The minimum absolute atomic E-state index is 0.275. The highest BCUT2D eigenvalue weighted by molar-refractivity contribution is 5.89. The summed E-state index contributed by atoms with van der Waals surface area (Å²) in [6, 6.07) is 16.1. The van der Waals surface area contributed by atoms with Crippen LogP contribution in [-0.4, -0.2) is 41.3 Å². The van der Waals surface area contributed by atoms with Crippen LogP contribution in [0.5, 0.6) is 5.75 Å². The number of esters is 1. The van der Waals surface area contributed by atoms with Crippen LogP contribution in [-0.2, 0) is 11.3 Å². The van der Waals surface area contributed by atoms with Crippen LogP contribution >= 0.6 is 0 Å². The molecule has 34 heavy (non-hydrogen) atoms. The number of anilines is 3. The molecule has 0 spiro atoms. The number of methoxy groups -OCH3 is 1. The Balaban J connectivity index is 1.75. The van der Waals surface area contributed by atoms with Crippen molar-refractivity contribution in [2.45, 2.75) is 27.3 Å². The number of nitrogens with zero attached hydrogens (tertiary/aromatic N) is 4. The van der Waals surface area contributed by atoms with Crippen molar-refractivity contribution in [2.24, 2.45) is 0 Å². The van der Waals surface area contributed by atoms with Crippen LogP contribution < -0.4 is 15.0 Å². The summed E-state index contributed by atoms with van der Waals surface area (Å²) < 4.78 is 12.0. The molecule has 8 heteroatoms.